The number of carbonyl (C=O) groups excluding carboxylic acids is 1. The molecule has 0 spiro atoms. The number of likely N-dealkylation sites (tertiary alicyclic amines) is 1. The molecule has 12 heavy (non-hydrogen) atoms. The molecule has 0 amide bonds. The second kappa shape index (κ2) is 3.54. The molecule has 1 aliphatic rings. The van der Waals surface area contributed by atoms with Crippen LogP contribution in [0.25, 0.3) is 0 Å². The van der Waals surface area contributed by atoms with E-state index in [1.54, 1.807) is 7.11 Å². The van der Waals surface area contributed by atoms with E-state index >= 15 is 0 Å². The lowest BCUT2D eigenvalue weighted by atomic mass is 10.1. The highest BCUT2D eigenvalue weighted by atomic mass is 16.5. The minimum Gasteiger partial charge on any atom is -0.377 e. The Bertz CT molecular complexity index is 177. The Morgan fingerprint density at radius 3 is 2.67 bits per heavy atom. The maximum absolute atomic E-state index is 10.9. The first-order chi connectivity index (χ1) is 5.53. The Balaban J connectivity index is 2.36. The fourth-order valence-electron chi connectivity index (χ4n) is 1.43. The number of hydrogen-bond donors (Lipinski definition) is 0. The first kappa shape index (κ1) is 9.68. The van der Waals surface area contributed by atoms with Crippen molar-refractivity contribution in [2.24, 2.45) is 0 Å². The molecule has 70 valence electrons. The van der Waals surface area contributed by atoms with Gasteiger partial charge in [0, 0.05) is 26.6 Å². The van der Waals surface area contributed by atoms with Crippen molar-refractivity contribution >= 4 is 5.78 Å². The standard InChI is InChI=1S/C9H17NO2/c1-9(2,12-3)7-10-5-4-8(11)6-10/h4-7H2,1-3H3. The van der Waals surface area contributed by atoms with Crippen molar-refractivity contribution in [2.45, 2.75) is 25.9 Å². The van der Waals surface area contributed by atoms with Crippen LogP contribution < -0.4 is 0 Å². The Morgan fingerprint density at radius 1 is 1.58 bits per heavy atom. The molecule has 0 aliphatic carbocycles. The Kier molecular flexibility index (Phi) is 2.85. The Hall–Kier alpha value is -0.410. The van der Waals surface area contributed by atoms with E-state index in [4.69, 9.17) is 4.74 Å². The van der Waals surface area contributed by atoms with Gasteiger partial charge in [0.2, 0.25) is 0 Å². The van der Waals surface area contributed by atoms with Gasteiger partial charge in [-0.1, -0.05) is 0 Å². The molecule has 1 saturated heterocycles. The van der Waals surface area contributed by atoms with Crippen molar-refractivity contribution in [1.82, 2.24) is 4.90 Å². The minimum absolute atomic E-state index is 0.134. The monoisotopic (exact) mass is 171 g/mol. The van der Waals surface area contributed by atoms with Gasteiger partial charge < -0.3 is 4.74 Å². The minimum atomic E-state index is -0.134. The van der Waals surface area contributed by atoms with Crippen LogP contribution in [-0.2, 0) is 9.53 Å². The lowest BCUT2D eigenvalue weighted by Gasteiger charge is -2.28. The number of hydrogen-bond acceptors (Lipinski definition) is 3. The molecule has 3 nitrogen and oxygen atoms in total. The molecule has 0 radical (unpaired) electrons. The molecule has 0 bridgehead atoms. The second-order valence-corrected chi connectivity index (χ2v) is 3.96. The highest BCUT2D eigenvalue weighted by Gasteiger charge is 2.26. The summed E-state index contributed by atoms with van der Waals surface area (Å²) in [6.45, 7) is 6.42. The number of carbonyl (C=O) groups is 1. The summed E-state index contributed by atoms with van der Waals surface area (Å²) in [5, 5.41) is 0. The Morgan fingerprint density at radius 2 is 2.25 bits per heavy atom. The summed E-state index contributed by atoms with van der Waals surface area (Å²) < 4.78 is 5.28. The van der Waals surface area contributed by atoms with Gasteiger partial charge in [-0.15, -0.1) is 0 Å². The summed E-state index contributed by atoms with van der Waals surface area (Å²) in [5.74, 6) is 0.349. The number of methoxy groups -OCH3 is 1. The molecule has 0 aromatic heterocycles. The number of rotatable bonds is 3. The lowest BCUT2D eigenvalue weighted by molar-refractivity contribution is -0.117. The van der Waals surface area contributed by atoms with E-state index < -0.39 is 0 Å². The first-order valence-corrected chi connectivity index (χ1v) is 4.33. The van der Waals surface area contributed by atoms with E-state index in [2.05, 4.69) is 4.90 Å². The van der Waals surface area contributed by atoms with Gasteiger partial charge in [-0.05, 0) is 13.8 Å². The molecule has 0 aromatic rings. The first-order valence-electron chi connectivity index (χ1n) is 4.33. The van der Waals surface area contributed by atoms with Crippen molar-refractivity contribution in [3.05, 3.63) is 0 Å². The van der Waals surface area contributed by atoms with Crippen LogP contribution in [0.2, 0.25) is 0 Å². The van der Waals surface area contributed by atoms with Crippen molar-refractivity contribution < 1.29 is 9.53 Å². The molecule has 1 fully saturated rings. The molecular formula is C9H17NO2. The van der Waals surface area contributed by atoms with E-state index in [0.29, 0.717) is 18.7 Å². The van der Waals surface area contributed by atoms with Crippen LogP contribution in [0.15, 0.2) is 0 Å². The van der Waals surface area contributed by atoms with Gasteiger partial charge in [0.15, 0.2) is 0 Å². The molecule has 0 N–H and O–H groups in total. The Labute approximate surface area is 73.7 Å². The summed E-state index contributed by atoms with van der Waals surface area (Å²) in [6.07, 6.45) is 0.708. The van der Waals surface area contributed by atoms with Crippen molar-refractivity contribution in [1.29, 1.82) is 0 Å². The third-order valence-corrected chi connectivity index (χ3v) is 2.26. The molecule has 0 saturated carbocycles. The van der Waals surface area contributed by atoms with Crippen LogP contribution in [0.3, 0.4) is 0 Å². The fraction of sp³-hybridized carbons (Fsp3) is 0.889. The molecule has 1 rings (SSSR count). The van der Waals surface area contributed by atoms with Crippen LogP contribution in [0.4, 0.5) is 0 Å². The van der Waals surface area contributed by atoms with Gasteiger partial charge >= 0.3 is 0 Å². The SMILES string of the molecule is COC(C)(C)CN1CCC(=O)C1. The zero-order valence-corrected chi connectivity index (χ0v) is 8.09. The van der Waals surface area contributed by atoms with Gasteiger partial charge in [-0.3, -0.25) is 9.69 Å². The molecule has 1 aliphatic heterocycles. The van der Waals surface area contributed by atoms with Crippen molar-refractivity contribution in [3.8, 4) is 0 Å². The number of ketones is 1. The normalized spacial score (nSPS) is 20.4. The van der Waals surface area contributed by atoms with Gasteiger partial charge in [0.25, 0.3) is 0 Å². The van der Waals surface area contributed by atoms with Crippen LogP contribution in [0, 0.1) is 0 Å². The number of Topliss-reactive ketones (excluding diaryl/α,β-unsaturated/α-hetero) is 1. The fourth-order valence-corrected chi connectivity index (χ4v) is 1.43. The molecule has 0 unspecified atom stereocenters. The van der Waals surface area contributed by atoms with E-state index in [-0.39, 0.29) is 5.60 Å². The second-order valence-electron chi connectivity index (χ2n) is 3.96. The van der Waals surface area contributed by atoms with Crippen LogP contribution >= 0.6 is 0 Å². The third-order valence-electron chi connectivity index (χ3n) is 2.26. The third kappa shape index (κ3) is 2.57. The summed E-state index contributed by atoms with van der Waals surface area (Å²) in [5.41, 5.74) is -0.134. The molecule has 1 heterocycles. The van der Waals surface area contributed by atoms with Crippen LogP contribution in [0.1, 0.15) is 20.3 Å². The largest absolute Gasteiger partial charge is 0.377 e. The smallest absolute Gasteiger partial charge is 0.148 e. The van der Waals surface area contributed by atoms with Gasteiger partial charge in [0.1, 0.15) is 5.78 Å². The van der Waals surface area contributed by atoms with E-state index in [1.165, 1.54) is 0 Å². The van der Waals surface area contributed by atoms with Crippen LogP contribution in [-0.4, -0.2) is 43.0 Å². The van der Waals surface area contributed by atoms with E-state index in [1.807, 2.05) is 13.8 Å². The summed E-state index contributed by atoms with van der Waals surface area (Å²) >= 11 is 0. The van der Waals surface area contributed by atoms with Gasteiger partial charge in [0.05, 0.1) is 12.1 Å². The topological polar surface area (TPSA) is 29.5 Å². The molecule has 0 aromatic carbocycles. The number of nitrogens with zero attached hydrogens (tertiary/aromatic N) is 1. The molecule has 0 atom stereocenters. The maximum atomic E-state index is 10.9. The molecule has 3 heteroatoms. The summed E-state index contributed by atoms with van der Waals surface area (Å²) in [4.78, 5) is 13.1. The average Bonchev–Trinajstić information content (AvgIpc) is 2.35. The number of ether oxygens (including phenoxy) is 1. The van der Waals surface area contributed by atoms with Crippen molar-refractivity contribution in [2.75, 3.05) is 26.7 Å². The van der Waals surface area contributed by atoms with Gasteiger partial charge in [-0.2, -0.15) is 0 Å². The highest BCUT2D eigenvalue weighted by molar-refractivity contribution is 5.82. The predicted molar refractivity (Wildman–Crippen MR) is 47.2 cm³/mol. The zero-order valence-electron chi connectivity index (χ0n) is 8.09. The van der Waals surface area contributed by atoms with Crippen molar-refractivity contribution in [3.63, 3.8) is 0 Å². The summed E-state index contributed by atoms with van der Waals surface area (Å²) in [6, 6.07) is 0. The van der Waals surface area contributed by atoms with E-state index in [9.17, 15) is 4.79 Å². The zero-order chi connectivity index (χ0) is 9.19. The van der Waals surface area contributed by atoms with Gasteiger partial charge in [-0.25, -0.2) is 0 Å². The predicted octanol–water partition coefficient (Wildman–Crippen LogP) is 0.686. The van der Waals surface area contributed by atoms with Crippen LogP contribution in [0.5, 0.6) is 0 Å². The van der Waals surface area contributed by atoms with E-state index in [0.717, 1.165) is 13.1 Å². The lowest BCUT2D eigenvalue weighted by Crippen LogP contribution is -2.38. The highest BCUT2D eigenvalue weighted by Crippen LogP contribution is 2.13. The quantitative estimate of drug-likeness (QED) is 0.625. The molecular weight excluding hydrogens is 154 g/mol. The maximum Gasteiger partial charge on any atom is 0.148 e. The average molecular weight is 171 g/mol. The summed E-state index contributed by atoms with van der Waals surface area (Å²) in [7, 11) is 1.71.